The van der Waals surface area contributed by atoms with Crippen molar-refractivity contribution in [2.24, 2.45) is 5.92 Å². The molecule has 0 aromatic rings. The minimum Gasteiger partial charge on any atom is -0.478 e. The van der Waals surface area contributed by atoms with Gasteiger partial charge in [-0.05, 0) is 19.4 Å². The summed E-state index contributed by atoms with van der Waals surface area (Å²) in [5.74, 6) is -0.785. The summed E-state index contributed by atoms with van der Waals surface area (Å²) in [6.07, 6.45) is 0. The zero-order valence-electron chi connectivity index (χ0n) is 10.5. The zero-order valence-corrected chi connectivity index (χ0v) is 12.2. The van der Waals surface area contributed by atoms with Crippen LogP contribution in [0.4, 0.5) is 0 Å². The third-order valence-electron chi connectivity index (χ3n) is 1.92. The highest BCUT2D eigenvalue weighted by Gasteiger charge is 2.23. The fourth-order valence-electron chi connectivity index (χ4n) is 1.19. The van der Waals surface area contributed by atoms with Crippen LogP contribution >= 0.6 is 7.15 Å². The lowest BCUT2D eigenvalue weighted by atomic mass is 10.0. The van der Waals surface area contributed by atoms with Crippen molar-refractivity contribution < 1.29 is 18.9 Å². The molecule has 2 N–H and O–H groups in total. The molecule has 0 aliphatic heterocycles. The Morgan fingerprint density at radius 1 is 1.53 bits per heavy atom. The van der Waals surface area contributed by atoms with Crippen LogP contribution in [0.3, 0.4) is 0 Å². The van der Waals surface area contributed by atoms with Crippen LogP contribution < -0.4 is 5.32 Å². The van der Waals surface area contributed by atoms with Crippen molar-refractivity contribution in [2.75, 3.05) is 13.3 Å². The number of nitrogens with one attached hydrogen (secondary N) is 1. The normalized spacial score (nSPS) is 13.4. The maximum atomic E-state index is 11.0. The van der Waals surface area contributed by atoms with Gasteiger partial charge >= 0.3 is 13.1 Å². The quantitative estimate of drug-likeness (QED) is 0.234. The van der Waals surface area contributed by atoms with E-state index in [2.05, 4.69) is 5.32 Å². The molecule has 17 heavy (non-hydrogen) atoms. The Morgan fingerprint density at radius 2 is 2.12 bits per heavy atom. The van der Waals surface area contributed by atoms with Crippen molar-refractivity contribution in [2.45, 2.75) is 27.7 Å². The predicted molar refractivity (Wildman–Crippen MR) is 70.2 cm³/mol. The molecule has 0 rings (SSSR count). The second-order valence-electron chi connectivity index (χ2n) is 3.62. The molecule has 0 saturated carbocycles. The van der Waals surface area contributed by atoms with Crippen molar-refractivity contribution in [1.29, 1.82) is 0 Å². The molecule has 0 bridgehead atoms. The Labute approximate surface area is 108 Å². The summed E-state index contributed by atoms with van der Waals surface area (Å²) in [5, 5.41) is 12.0. The minimum atomic E-state index is -1.51. The maximum Gasteiger partial charge on any atom is 0.574 e. The summed E-state index contributed by atoms with van der Waals surface area (Å²) >= 11 is 4.97. The highest BCUT2D eigenvalue weighted by Crippen LogP contribution is 2.30. The van der Waals surface area contributed by atoms with Crippen molar-refractivity contribution in [3.63, 3.8) is 0 Å². The first-order valence-corrected chi connectivity index (χ1v) is 7.52. The van der Waals surface area contributed by atoms with Crippen LogP contribution in [-0.4, -0.2) is 24.4 Å². The number of hydrogen-bond acceptors (Lipinski definition) is 5. The number of allylic oxidation sites excluding steroid dienone is 1. The zero-order chi connectivity index (χ0) is 13.4. The average Bonchev–Trinajstić information content (AvgIpc) is 2.16. The fraction of sp³-hybridized carbons (Fsp3) is 0.700. The van der Waals surface area contributed by atoms with E-state index in [0.717, 1.165) is 6.54 Å². The molecule has 0 aromatic carbocycles. The highest BCUT2D eigenvalue weighted by molar-refractivity contribution is 8.00. The third-order valence-corrected chi connectivity index (χ3v) is 3.22. The Morgan fingerprint density at radius 3 is 2.53 bits per heavy atom. The van der Waals surface area contributed by atoms with E-state index < -0.39 is 13.1 Å². The maximum absolute atomic E-state index is 11.0. The van der Waals surface area contributed by atoms with Crippen LogP contribution in [0.25, 0.3) is 0 Å². The minimum absolute atomic E-state index is 0.125. The van der Waals surface area contributed by atoms with E-state index in [1.54, 1.807) is 20.8 Å². The molecule has 0 radical (unpaired) electrons. The van der Waals surface area contributed by atoms with Crippen LogP contribution in [0, 0.1) is 5.92 Å². The lowest BCUT2D eigenvalue weighted by molar-refractivity contribution is -0.133. The predicted octanol–water partition coefficient (Wildman–Crippen LogP) is 2.38. The van der Waals surface area contributed by atoms with Crippen LogP contribution in [0.15, 0.2) is 11.3 Å². The van der Waals surface area contributed by atoms with Gasteiger partial charge in [0.25, 0.3) is 0 Å². The Balaban J connectivity index is 4.47. The van der Waals surface area contributed by atoms with Gasteiger partial charge in [-0.25, -0.2) is 4.79 Å². The van der Waals surface area contributed by atoms with Gasteiger partial charge in [-0.15, -0.1) is 4.52 Å². The van der Waals surface area contributed by atoms with Gasteiger partial charge in [-0.3, -0.25) is 9.84 Å². The summed E-state index contributed by atoms with van der Waals surface area (Å²) in [6.45, 7) is 8.22. The first kappa shape index (κ1) is 16.4. The van der Waals surface area contributed by atoms with Crippen molar-refractivity contribution in [3.8, 4) is 0 Å². The first-order valence-electron chi connectivity index (χ1n) is 5.33. The SMILES string of the molecule is CCNCO[P+](=S)O/C(C)=C(\C(=O)O)C(C)C. The number of hydrogen-bond donors (Lipinski definition) is 2. The molecule has 0 aliphatic carbocycles. The molecule has 98 valence electrons. The lowest BCUT2D eigenvalue weighted by Gasteiger charge is -2.07. The standard InChI is InChI=1S/C10H18NO4PS/c1-5-11-6-14-16(17)15-8(4)9(7(2)3)10(12)13/h7,11H,5-6H2,1-4H3/p+1/b9-8-. The van der Waals surface area contributed by atoms with Gasteiger partial charge in [0.15, 0.2) is 12.5 Å². The number of carboxylic acid groups (broad SMARTS) is 1. The van der Waals surface area contributed by atoms with E-state index in [1.165, 1.54) is 0 Å². The number of aliphatic carboxylic acids is 1. The van der Waals surface area contributed by atoms with Gasteiger partial charge in [-0.2, -0.15) is 0 Å². The van der Waals surface area contributed by atoms with E-state index in [4.69, 9.17) is 26.0 Å². The third kappa shape index (κ3) is 6.68. The van der Waals surface area contributed by atoms with E-state index in [1.807, 2.05) is 6.92 Å². The summed E-state index contributed by atoms with van der Waals surface area (Å²) in [7, 11) is -1.51. The van der Waals surface area contributed by atoms with Gasteiger partial charge in [0.2, 0.25) is 11.8 Å². The molecule has 0 amide bonds. The molecule has 0 spiro atoms. The van der Waals surface area contributed by atoms with Gasteiger partial charge < -0.3 is 5.11 Å². The Bertz CT molecular complexity index is 317. The topological polar surface area (TPSA) is 67.8 Å². The summed E-state index contributed by atoms with van der Waals surface area (Å²) in [5.41, 5.74) is 0.231. The first-order chi connectivity index (χ1) is 7.90. The highest BCUT2D eigenvalue weighted by atomic mass is 32.4. The molecule has 0 saturated heterocycles. The summed E-state index contributed by atoms with van der Waals surface area (Å²) < 4.78 is 10.5. The largest absolute Gasteiger partial charge is 0.574 e. The van der Waals surface area contributed by atoms with Crippen LogP contribution in [0.1, 0.15) is 27.7 Å². The molecular formula is C10H19NO4PS+. The molecule has 1 atom stereocenters. The Kier molecular flexibility index (Phi) is 8.25. The molecule has 0 fully saturated rings. The van der Waals surface area contributed by atoms with Gasteiger partial charge in [0, 0.05) is 0 Å². The molecular weight excluding hydrogens is 261 g/mol. The number of carboxylic acids is 1. The molecule has 1 unspecified atom stereocenters. The summed E-state index contributed by atoms with van der Waals surface area (Å²) in [6, 6.07) is 0. The second kappa shape index (κ2) is 8.53. The van der Waals surface area contributed by atoms with Crippen molar-refractivity contribution in [1.82, 2.24) is 5.32 Å². The smallest absolute Gasteiger partial charge is 0.478 e. The van der Waals surface area contributed by atoms with Crippen LogP contribution in [0.2, 0.25) is 0 Å². The monoisotopic (exact) mass is 280 g/mol. The van der Waals surface area contributed by atoms with Crippen LogP contribution in [-0.2, 0) is 25.6 Å². The van der Waals surface area contributed by atoms with Crippen molar-refractivity contribution >= 4 is 24.9 Å². The van der Waals surface area contributed by atoms with Gasteiger partial charge in [-0.1, -0.05) is 20.8 Å². The van der Waals surface area contributed by atoms with E-state index in [0.29, 0.717) is 12.5 Å². The van der Waals surface area contributed by atoms with Crippen molar-refractivity contribution in [3.05, 3.63) is 11.3 Å². The second-order valence-corrected chi connectivity index (χ2v) is 5.40. The molecule has 0 aromatic heterocycles. The molecule has 0 aliphatic rings. The molecule has 5 nitrogen and oxygen atoms in total. The van der Waals surface area contributed by atoms with E-state index >= 15 is 0 Å². The molecule has 7 heteroatoms. The fourth-order valence-corrected chi connectivity index (χ4v) is 2.26. The number of carbonyl (C=O) groups is 1. The van der Waals surface area contributed by atoms with Gasteiger partial charge in [0.05, 0.1) is 5.57 Å². The Hall–Kier alpha value is -0.550. The van der Waals surface area contributed by atoms with E-state index in [9.17, 15) is 4.79 Å². The molecule has 0 heterocycles. The summed E-state index contributed by atoms with van der Waals surface area (Å²) in [4.78, 5) is 11.0. The van der Waals surface area contributed by atoms with Crippen LogP contribution in [0.5, 0.6) is 0 Å². The lowest BCUT2D eigenvalue weighted by Crippen LogP contribution is -2.15. The van der Waals surface area contributed by atoms with E-state index in [-0.39, 0.29) is 11.5 Å². The van der Waals surface area contributed by atoms with Gasteiger partial charge in [0.1, 0.15) is 0 Å². The number of rotatable bonds is 8. The average molecular weight is 280 g/mol.